The van der Waals surface area contributed by atoms with Crippen LogP contribution in [0, 0.1) is 0 Å². The molecule has 1 aromatic carbocycles. The first-order chi connectivity index (χ1) is 14.6. The van der Waals surface area contributed by atoms with Gasteiger partial charge in [-0.25, -0.2) is 13.4 Å². The summed E-state index contributed by atoms with van der Waals surface area (Å²) in [5, 5.41) is 6.95. The Morgan fingerprint density at radius 3 is 2.26 bits per heavy atom. The standard InChI is InChI=1S/C21H28FN5O3S/c1-12(2)15-7-6-8-16(13(3)4)19(15)23-21(29)25-31(30)18-9-17(26(5)24-18)20(28)27-10-14(22)11-27/h6-9,12-14H,10-11H2,1-5H3,(H2,23,25,29). The summed E-state index contributed by atoms with van der Waals surface area (Å²) < 4.78 is 29.4. The normalized spacial score (nSPS) is 15.2. The highest BCUT2D eigenvalue weighted by atomic mass is 32.2. The fraction of sp³-hybridized carbons (Fsp3) is 0.476. The highest BCUT2D eigenvalue weighted by Crippen LogP contribution is 2.32. The van der Waals surface area contributed by atoms with E-state index < -0.39 is 23.2 Å². The molecule has 1 aliphatic rings. The van der Waals surface area contributed by atoms with E-state index >= 15 is 0 Å². The van der Waals surface area contributed by atoms with Gasteiger partial charge in [-0.05, 0) is 23.0 Å². The second kappa shape index (κ2) is 9.17. The molecule has 2 heterocycles. The van der Waals surface area contributed by atoms with Gasteiger partial charge in [-0.1, -0.05) is 45.9 Å². The zero-order valence-corrected chi connectivity index (χ0v) is 19.1. The van der Waals surface area contributed by atoms with Crippen LogP contribution in [-0.4, -0.2) is 50.1 Å². The minimum atomic E-state index is -1.97. The van der Waals surface area contributed by atoms with Crippen LogP contribution in [0.2, 0.25) is 0 Å². The molecule has 1 aliphatic heterocycles. The maximum Gasteiger partial charge on any atom is 0.331 e. The van der Waals surface area contributed by atoms with Crippen molar-refractivity contribution in [3.8, 4) is 0 Å². The van der Waals surface area contributed by atoms with E-state index in [2.05, 4.69) is 15.1 Å². The molecule has 0 bridgehead atoms. The molecule has 2 N–H and O–H groups in total. The number of para-hydroxylation sites is 1. The van der Waals surface area contributed by atoms with E-state index in [1.165, 1.54) is 22.7 Å². The summed E-state index contributed by atoms with van der Waals surface area (Å²) >= 11 is 0. The Labute approximate surface area is 183 Å². The number of hydrogen-bond donors (Lipinski definition) is 2. The summed E-state index contributed by atoms with van der Waals surface area (Å²) in [5.41, 5.74) is 2.86. The van der Waals surface area contributed by atoms with Crippen LogP contribution >= 0.6 is 0 Å². The molecule has 0 spiro atoms. The Bertz CT molecular complexity index is 988. The third kappa shape index (κ3) is 4.95. The lowest BCUT2D eigenvalue weighted by Crippen LogP contribution is -2.51. The van der Waals surface area contributed by atoms with Crippen LogP contribution < -0.4 is 10.0 Å². The van der Waals surface area contributed by atoms with Gasteiger partial charge in [0.05, 0.1) is 13.1 Å². The average Bonchev–Trinajstić information content (AvgIpc) is 3.06. The van der Waals surface area contributed by atoms with Crippen molar-refractivity contribution in [3.63, 3.8) is 0 Å². The number of aryl methyl sites for hydroxylation is 1. The Kier molecular flexibility index (Phi) is 6.78. The van der Waals surface area contributed by atoms with E-state index in [4.69, 9.17) is 0 Å². The van der Waals surface area contributed by atoms with E-state index in [0.717, 1.165) is 11.1 Å². The number of carbonyl (C=O) groups is 2. The molecule has 2 aromatic rings. The van der Waals surface area contributed by atoms with Gasteiger partial charge in [0.25, 0.3) is 5.91 Å². The van der Waals surface area contributed by atoms with Crippen LogP contribution in [0.15, 0.2) is 29.3 Å². The molecule has 1 aromatic heterocycles. The van der Waals surface area contributed by atoms with Gasteiger partial charge in [-0.3, -0.25) is 14.2 Å². The summed E-state index contributed by atoms with van der Waals surface area (Å²) in [6.07, 6.45) is -1.01. The predicted molar refractivity (Wildman–Crippen MR) is 117 cm³/mol. The molecule has 1 fully saturated rings. The number of alkyl halides is 1. The van der Waals surface area contributed by atoms with Crippen molar-refractivity contribution in [2.45, 2.75) is 50.7 Å². The number of nitrogens with zero attached hydrogens (tertiary/aromatic N) is 3. The number of carbonyl (C=O) groups excluding carboxylic acids is 2. The number of halogens is 1. The maximum atomic E-state index is 13.0. The number of rotatable bonds is 6. The van der Waals surface area contributed by atoms with E-state index in [1.54, 1.807) is 0 Å². The van der Waals surface area contributed by atoms with E-state index in [9.17, 15) is 18.2 Å². The predicted octanol–water partition coefficient (Wildman–Crippen LogP) is 3.31. The van der Waals surface area contributed by atoms with Crippen LogP contribution in [0.5, 0.6) is 0 Å². The third-order valence-electron chi connectivity index (χ3n) is 5.19. The van der Waals surface area contributed by atoms with Crippen molar-refractivity contribution in [3.05, 3.63) is 41.1 Å². The largest absolute Gasteiger partial charge is 0.331 e. The first-order valence-corrected chi connectivity index (χ1v) is 11.3. The van der Waals surface area contributed by atoms with Crippen molar-refractivity contribution in [2.75, 3.05) is 18.4 Å². The number of amides is 3. The molecule has 10 heteroatoms. The summed E-state index contributed by atoms with van der Waals surface area (Å²) in [4.78, 5) is 26.4. The Balaban J connectivity index is 1.73. The number of nitrogens with one attached hydrogen (secondary N) is 2. The minimum Gasteiger partial charge on any atom is -0.331 e. The van der Waals surface area contributed by atoms with E-state index in [1.807, 2.05) is 45.9 Å². The zero-order chi connectivity index (χ0) is 22.9. The summed E-state index contributed by atoms with van der Waals surface area (Å²) in [7, 11) is -0.434. The number of aromatic nitrogens is 2. The molecular formula is C21H28FN5O3S. The second-order valence-corrected chi connectivity index (χ2v) is 9.40. The molecule has 0 radical (unpaired) electrons. The van der Waals surface area contributed by atoms with Crippen molar-refractivity contribution in [1.82, 2.24) is 19.4 Å². The lowest BCUT2D eigenvalue weighted by Gasteiger charge is -2.34. The van der Waals surface area contributed by atoms with Gasteiger partial charge < -0.3 is 10.2 Å². The summed E-state index contributed by atoms with van der Waals surface area (Å²) in [6.45, 7) is 8.23. The SMILES string of the molecule is CC(C)c1cccc(C(C)C)c1NC(=O)NS(=O)c1cc(C(=O)N2CC(F)C2)n(C)n1. The first-order valence-electron chi connectivity index (χ1n) is 10.2. The molecule has 0 saturated carbocycles. The lowest BCUT2D eigenvalue weighted by molar-refractivity contribution is 0.0390. The zero-order valence-electron chi connectivity index (χ0n) is 18.3. The fourth-order valence-electron chi connectivity index (χ4n) is 3.46. The molecule has 1 saturated heterocycles. The first kappa shape index (κ1) is 22.9. The number of urea groups is 1. The molecule has 1 atom stereocenters. The number of likely N-dealkylation sites (tertiary alicyclic amines) is 1. The van der Waals surface area contributed by atoms with Crippen LogP contribution in [0.3, 0.4) is 0 Å². The van der Waals surface area contributed by atoms with Gasteiger partial charge in [0.15, 0.2) is 16.0 Å². The summed E-state index contributed by atoms with van der Waals surface area (Å²) in [6, 6.07) is 6.59. The maximum absolute atomic E-state index is 13.0. The van der Waals surface area contributed by atoms with Crippen molar-refractivity contribution < 1.29 is 18.2 Å². The average molecular weight is 450 g/mol. The van der Waals surface area contributed by atoms with E-state index in [-0.39, 0.29) is 41.6 Å². The Hall–Kier alpha value is -2.75. The molecule has 8 nitrogen and oxygen atoms in total. The van der Waals surface area contributed by atoms with Crippen molar-refractivity contribution in [2.24, 2.45) is 7.05 Å². The van der Waals surface area contributed by atoms with Gasteiger partial charge in [-0.2, -0.15) is 5.10 Å². The van der Waals surface area contributed by atoms with Crippen LogP contribution in [0.1, 0.15) is 61.1 Å². The molecule has 168 valence electrons. The van der Waals surface area contributed by atoms with Crippen LogP contribution in [0.4, 0.5) is 14.9 Å². The minimum absolute atomic E-state index is 0.0382. The Morgan fingerprint density at radius 2 is 1.74 bits per heavy atom. The number of anilines is 1. The van der Waals surface area contributed by atoms with E-state index in [0.29, 0.717) is 5.69 Å². The van der Waals surface area contributed by atoms with Crippen LogP contribution in [0.25, 0.3) is 0 Å². The Morgan fingerprint density at radius 1 is 1.16 bits per heavy atom. The van der Waals surface area contributed by atoms with Gasteiger partial charge in [0.1, 0.15) is 11.9 Å². The smallest absolute Gasteiger partial charge is 0.331 e. The van der Waals surface area contributed by atoms with Gasteiger partial charge in [0, 0.05) is 18.8 Å². The van der Waals surface area contributed by atoms with Crippen molar-refractivity contribution >= 4 is 28.6 Å². The molecule has 3 rings (SSSR count). The number of benzene rings is 1. The lowest BCUT2D eigenvalue weighted by atomic mass is 9.93. The topological polar surface area (TPSA) is 96.3 Å². The van der Waals surface area contributed by atoms with Gasteiger partial charge >= 0.3 is 6.03 Å². The third-order valence-corrected chi connectivity index (χ3v) is 6.14. The van der Waals surface area contributed by atoms with Crippen LogP contribution in [-0.2, 0) is 18.0 Å². The van der Waals surface area contributed by atoms with Crippen molar-refractivity contribution in [1.29, 1.82) is 0 Å². The fourth-order valence-corrected chi connectivity index (χ4v) is 4.19. The second-order valence-electron chi connectivity index (χ2n) is 8.24. The summed E-state index contributed by atoms with van der Waals surface area (Å²) in [5.74, 6) is -0.00685. The molecule has 3 amide bonds. The molecule has 0 aliphatic carbocycles. The molecule has 31 heavy (non-hydrogen) atoms. The van der Waals surface area contributed by atoms with Gasteiger partial charge in [-0.15, -0.1) is 0 Å². The van der Waals surface area contributed by atoms with Gasteiger partial charge in [0.2, 0.25) is 0 Å². The molecule has 1 unspecified atom stereocenters. The monoisotopic (exact) mass is 449 g/mol. The highest BCUT2D eigenvalue weighted by molar-refractivity contribution is 7.83. The quantitative estimate of drug-likeness (QED) is 0.707. The highest BCUT2D eigenvalue weighted by Gasteiger charge is 2.33. The molecular weight excluding hydrogens is 421 g/mol. The number of hydrogen-bond acceptors (Lipinski definition) is 4.